The fourth-order valence-electron chi connectivity index (χ4n) is 0.697. The average molecular weight is 148 g/mol. The first-order valence-electron chi connectivity index (χ1n) is 3.21. The van der Waals surface area contributed by atoms with Crippen molar-refractivity contribution >= 4 is 12.0 Å². The Morgan fingerprint density at radius 2 is 2.36 bits per heavy atom. The standard InChI is InChI=1S/C8H8N2O/c1-6-2-3-7(5-10-6)8(11)4-9/h2-5,9H,1H3. The first-order valence-corrected chi connectivity index (χ1v) is 3.21. The Hall–Kier alpha value is -1.51. The fourth-order valence-corrected chi connectivity index (χ4v) is 0.697. The van der Waals surface area contributed by atoms with Gasteiger partial charge in [0.1, 0.15) is 0 Å². The molecule has 0 aliphatic rings. The lowest BCUT2D eigenvalue weighted by atomic mass is 10.2. The van der Waals surface area contributed by atoms with Gasteiger partial charge in [0.05, 0.1) is 6.21 Å². The van der Waals surface area contributed by atoms with Gasteiger partial charge in [-0.15, -0.1) is 0 Å². The van der Waals surface area contributed by atoms with Crippen LogP contribution in [-0.4, -0.2) is 17.0 Å². The summed E-state index contributed by atoms with van der Waals surface area (Å²) in [5, 5.41) is 6.70. The molecule has 0 aromatic carbocycles. The highest BCUT2D eigenvalue weighted by Crippen LogP contribution is 1.98. The van der Waals surface area contributed by atoms with Crippen LogP contribution >= 0.6 is 0 Å². The lowest BCUT2D eigenvalue weighted by Crippen LogP contribution is -1.99. The van der Waals surface area contributed by atoms with Crippen molar-refractivity contribution in [1.82, 2.24) is 4.98 Å². The zero-order valence-electron chi connectivity index (χ0n) is 6.16. The van der Waals surface area contributed by atoms with E-state index in [1.54, 1.807) is 12.1 Å². The number of Topliss-reactive ketones (excluding diaryl/α,β-unsaturated/α-hetero) is 1. The van der Waals surface area contributed by atoms with Gasteiger partial charge in [0.25, 0.3) is 0 Å². The minimum Gasteiger partial charge on any atom is -0.305 e. The second kappa shape index (κ2) is 3.05. The van der Waals surface area contributed by atoms with Crippen LogP contribution in [0.25, 0.3) is 0 Å². The topological polar surface area (TPSA) is 53.8 Å². The van der Waals surface area contributed by atoms with Crippen molar-refractivity contribution in [3.8, 4) is 0 Å². The summed E-state index contributed by atoms with van der Waals surface area (Å²) in [4.78, 5) is 14.8. The van der Waals surface area contributed by atoms with Crippen molar-refractivity contribution in [3.63, 3.8) is 0 Å². The molecule has 0 bridgehead atoms. The molecule has 1 N–H and O–H groups in total. The third-order valence-electron chi connectivity index (χ3n) is 1.33. The zero-order chi connectivity index (χ0) is 8.27. The van der Waals surface area contributed by atoms with Crippen molar-refractivity contribution in [2.24, 2.45) is 0 Å². The lowest BCUT2D eigenvalue weighted by molar-refractivity contribution is 0.107. The van der Waals surface area contributed by atoms with Crippen LogP contribution in [0.1, 0.15) is 16.1 Å². The maximum Gasteiger partial charge on any atom is 0.204 e. The molecule has 0 radical (unpaired) electrons. The van der Waals surface area contributed by atoms with E-state index in [1.165, 1.54) is 6.20 Å². The highest BCUT2D eigenvalue weighted by atomic mass is 16.1. The van der Waals surface area contributed by atoms with Crippen LogP contribution in [0.2, 0.25) is 0 Å². The van der Waals surface area contributed by atoms with Gasteiger partial charge in [-0.05, 0) is 19.1 Å². The van der Waals surface area contributed by atoms with Crippen LogP contribution in [0.3, 0.4) is 0 Å². The molecule has 0 aliphatic heterocycles. The van der Waals surface area contributed by atoms with Crippen LogP contribution in [0.4, 0.5) is 0 Å². The number of nitrogens with one attached hydrogen (secondary N) is 1. The van der Waals surface area contributed by atoms with E-state index in [1.807, 2.05) is 6.92 Å². The summed E-state index contributed by atoms with van der Waals surface area (Å²) >= 11 is 0. The summed E-state index contributed by atoms with van der Waals surface area (Å²) in [6, 6.07) is 3.41. The predicted molar refractivity (Wildman–Crippen MR) is 42.1 cm³/mol. The summed E-state index contributed by atoms with van der Waals surface area (Å²) in [6.07, 6.45) is 2.26. The molecule has 11 heavy (non-hydrogen) atoms. The highest BCUT2D eigenvalue weighted by molar-refractivity contribution is 6.34. The van der Waals surface area contributed by atoms with Gasteiger partial charge in [-0.3, -0.25) is 9.78 Å². The highest BCUT2D eigenvalue weighted by Gasteiger charge is 1.99. The maximum absolute atomic E-state index is 10.8. The number of hydrogen-bond donors (Lipinski definition) is 1. The molecule has 0 saturated heterocycles. The Labute approximate surface area is 64.6 Å². The van der Waals surface area contributed by atoms with Crippen molar-refractivity contribution < 1.29 is 4.79 Å². The fraction of sp³-hybridized carbons (Fsp3) is 0.125. The van der Waals surface area contributed by atoms with Crippen molar-refractivity contribution in [1.29, 1.82) is 5.41 Å². The average Bonchev–Trinajstić information content (AvgIpc) is 2.05. The molecule has 0 unspecified atom stereocenters. The number of carbonyl (C=O) groups excluding carboxylic acids is 1. The number of aromatic nitrogens is 1. The molecule has 0 spiro atoms. The maximum atomic E-state index is 10.8. The molecule has 3 nitrogen and oxygen atoms in total. The predicted octanol–water partition coefficient (Wildman–Crippen LogP) is 1.22. The molecule has 1 heterocycles. The van der Waals surface area contributed by atoms with E-state index in [9.17, 15) is 4.79 Å². The smallest absolute Gasteiger partial charge is 0.204 e. The second-order valence-corrected chi connectivity index (χ2v) is 2.20. The molecule has 1 aromatic heterocycles. The number of nitrogens with zero attached hydrogens (tertiary/aromatic N) is 1. The number of pyridine rings is 1. The molecule has 3 heteroatoms. The van der Waals surface area contributed by atoms with E-state index in [2.05, 4.69) is 4.98 Å². The Kier molecular flexibility index (Phi) is 2.11. The molecule has 56 valence electrons. The van der Waals surface area contributed by atoms with Gasteiger partial charge in [0.15, 0.2) is 0 Å². The summed E-state index contributed by atoms with van der Waals surface area (Å²) in [7, 11) is 0. The van der Waals surface area contributed by atoms with E-state index in [-0.39, 0.29) is 5.78 Å². The van der Waals surface area contributed by atoms with Crippen LogP contribution in [0.5, 0.6) is 0 Å². The van der Waals surface area contributed by atoms with Crippen LogP contribution in [-0.2, 0) is 0 Å². The Morgan fingerprint density at radius 1 is 1.64 bits per heavy atom. The van der Waals surface area contributed by atoms with Gasteiger partial charge >= 0.3 is 0 Å². The normalized spacial score (nSPS) is 9.18. The van der Waals surface area contributed by atoms with Crippen LogP contribution < -0.4 is 0 Å². The van der Waals surface area contributed by atoms with Crippen molar-refractivity contribution in [3.05, 3.63) is 29.6 Å². The quantitative estimate of drug-likeness (QED) is 0.506. The monoisotopic (exact) mass is 148 g/mol. The third kappa shape index (κ3) is 1.70. The van der Waals surface area contributed by atoms with E-state index in [0.29, 0.717) is 5.56 Å². The number of ketones is 1. The molecule has 0 atom stereocenters. The van der Waals surface area contributed by atoms with Crippen LogP contribution in [0.15, 0.2) is 18.3 Å². The number of rotatable bonds is 2. The number of carbonyl (C=O) groups is 1. The van der Waals surface area contributed by atoms with Crippen LogP contribution in [0, 0.1) is 12.3 Å². The summed E-state index contributed by atoms with van der Waals surface area (Å²) in [6.45, 7) is 1.85. The molecule has 0 amide bonds. The van der Waals surface area contributed by atoms with E-state index < -0.39 is 0 Å². The zero-order valence-corrected chi connectivity index (χ0v) is 6.16. The summed E-state index contributed by atoms with van der Waals surface area (Å²) in [5.41, 5.74) is 1.33. The van der Waals surface area contributed by atoms with Gasteiger partial charge in [-0.2, -0.15) is 0 Å². The van der Waals surface area contributed by atoms with Gasteiger partial charge in [0.2, 0.25) is 5.78 Å². The second-order valence-electron chi connectivity index (χ2n) is 2.20. The van der Waals surface area contributed by atoms with Gasteiger partial charge in [-0.1, -0.05) is 0 Å². The molecule has 1 aromatic rings. The summed E-state index contributed by atoms with van der Waals surface area (Å²) in [5.74, 6) is -0.308. The molecular formula is C8H8N2O. The van der Waals surface area contributed by atoms with E-state index in [4.69, 9.17) is 5.41 Å². The van der Waals surface area contributed by atoms with Gasteiger partial charge in [0, 0.05) is 17.5 Å². The SMILES string of the molecule is Cc1ccc(C(=O)C=N)cn1. The molecule has 0 fully saturated rings. The van der Waals surface area contributed by atoms with Crippen molar-refractivity contribution in [2.75, 3.05) is 0 Å². The Morgan fingerprint density at radius 3 is 2.82 bits per heavy atom. The molecular weight excluding hydrogens is 140 g/mol. The van der Waals surface area contributed by atoms with Crippen molar-refractivity contribution in [2.45, 2.75) is 6.92 Å². The molecule has 0 saturated carbocycles. The first-order chi connectivity index (χ1) is 5.24. The molecule has 0 aliphatic carbocycles. The summed E-state index contributed by atoms with van der Waals surface area (Å²) < 4.78 is 0. The number of hydrogen-bond acceptors (Lipinski definition) is 3. The van der Waals surface area contributed by atoms with E-state index in [0.717, 1.165) is 11.9 Å². The Balaban J connectivity index is 2.98. The largest absolute Gasteiger partial charge is 0.305 e. The van der Waals surface area contributed by atoms with Gasteiger partial charge in [-0.25, -0.2) is 0 Å². The minimum absolute atomic E-state index is 0.308. The Bertz CT molecular complexity index is 277. The molecule has 1 rings (SSSR count). The lowest BCUT2D eigenvalue weighted by Gasteiger charge is -1.93. The van der Waals surface area contributed by atoms with E-state index >= 15 is 0 Å². The first kappa shape index (κ1) is 7.60. The number of aryl methyl sites for hydroxylation is 1. The third-order valence-corrected chi connectivity index (χ3v) is 1.33. The minimum atomic E-state index is -0.308. The van der Waals surface area contributed by atoms with Gasteiger partial charge < -0.3 is 5.41 Å².